The van der Waals surface area contributed by atoms with Gasteiger partial charge < -0.3 is 20.4 Å². The Bertz CT molecular complexity index is 632. The topological polar surface area (TPSA) is 79.7 Å². The van der Waals surface area contributed by atoms with Crippen molar-refractivity contribution in [2.45, 2.75) is 13.5 Å². The Morgan fingerprint density at radius 3 is 2.85 bits per heavy atom. The fourth-order valence-corrected chi connectivity index (χ4v) is 2.09. The molecule has 0 spiro atoms. The minimum atomic E-state index is 0.107. The highest BCUT2D eigenvalue weighted by Gasteiger charge is 2.13. The Balaban J connectivity index is 2.34. The third-order valence-corrected chi connectivity index (χ3v) is 3.25. The molecular weight excluding hydrogens is 254 g/mol. The van der Waals surface area contributed by atoms with Crippen molar-refractivity contribution in [3.8, 4) is 0 Å². The molecule has 1 aromatic heterocycles. The van der Waals surface area contributed by atoms with Crippen LogP contribution in [0.1, 0.15) is 17.0 Å². The van der Waals surface area contributed by atoms with E-state index in [2.05, 4.69) is 10.1 Å². The lowest BCUT2D eigenvalue weighted by atomic mass is 10.1. The molecule has 6 nitrogen and oxygen atoms in total. The summed E-state index contributed by atoms with van der Waals surface area (Å²) in [5, 5.41) is 12.0. The van der Waals surface area contributed by atoms with Crippen molar-refractivity contribution < 1.29 is 5.21 Å². The number of aryl methyl sites for hydroxylation is 2. The van der Waals surface area contributed by atoms with Crippen LogP contribution < -0.4 is 10.6 Å². The molecule has 0 saturated heterocycles. The second-order valence-corrected chi connectivity index (χ2v) is 4.82. The summed E-state index contributed by atoms with van der Waals surface area (Å²) in [4.78, 5) is 6.33. The van der Waals surface area contributed by atoms with Gasteiger partial charge in [0.1, 0.15) is 5.82 Å². The lowest BCUT2D eigenvalue weighted by Gasteiger charge is -2.22. The predicted molar refractivity (Wildman–Crippen MR) is 79.0 cm³/mol. The van der Waals surface area contributed by atoms with E-state index in [9.17, 15) is 0 Å². The number of rotatable bonds is 4. The van der Waals surface area contributed by atoms with Gasteiger partial charge in [-0.3, -0.25) is 0 Å². The third kappa shape index (κ3) is 2.74. The highest BCUT2D eigenvalue weighted by Crippen LogP contribution is 2.22. The fourth-order valence-electron chi connectivity index (χ4n) is 2.09. The average molecular weight is 273 g/mol. The maximum absolute atomic E-state index is 8.91. The van der Waals surface area contributed by atoms with Crippen molar-refractivity contribution in [2.75, 3.05) is 11.9 Å². The molecule has 2 rings (SSSR count). The molecule has 0 aliphatic rings. The zero-order valence-corrected chi connectivity index (χ0v) is 11.9. The Morgan fingerprint density at radius 1 is 1.50 bits per heavy atom. The van der Waals surface area contributed by atoms with Crippen LogP contribution in [0.25, 0.3) is 0 Å². The van der Waals surface area contributed by atoms with Crippen LogP contribution in [0.5, 0.6) is 0 Å². The second-order valence-electron chi connectivity index (χ2n) is 4.82. The first-order chi connectivity index (χ1) is 9.52. The Morgan fingerprint density at radius 2 is 2.25 bits per heavy atom. The number of anilines is 1. The van der Waals surface area contributed by atoms with Crippen LogP contribution in [0.3, 0.4) is 0 Å². The summed E-state index contributed by atoms with van der Waals surface area (Å²) < 4.78 is 1.97. The zero-order chi connectivity index (χ0) is 14.7. The summed E-state index contributed by atoms with van der Waals surface area (Å²) >= 11 is 0. The molecule has 0 atom stereocenters. The van der Waals surface area contributed by atoms with E-state index in [4.69, 9.17) is 10.9 Å². The van der Waals surface area contributed by atoms with Crippen LogP contribution in [-0.4, -0.2) is 27.6 Å². The quantitative estimate of drug-likeness (QED) is 0.382. The first kappa shape index (κ1) is 13.9. The lowest BCUT2D eigenvalue weighted by molar-refractivity contribution is 0.318. The Hall–Kier alpha value is -2.50. The highest BCUT2D eigenvalue weighted by atomic mass is 16.4. The summed E-state index contributed by atoms with van der Waals surface area (Å²) in [5.41, 5.74) is 8.42. The van der Waals surface area contributed by atoms with E-state index in [1.54, 1.807) is 6.20 Å². The lowest BCUT2D eigenvalue weighted by Crippen LogP contribution is -2.24. The number of nitrogens with two attached hydrogens (primary N) is 1. The number of oxime groups is 1. The Kier molecular flexibility index (Phi) is 3.93. The molecule has 0 radical (unpaired) electrons. The average Bonchev–Trinajstić information content (AvgIpc) is 2.83. The van der Waals surface area contributed by atoms with E-state index in [0.29, 0.717) is 12.1 Å². The summed E-state index contributed by atoms with van der Waals surface area (Å²) in [6.45, 7) is 2.61. The number of aromatic nitrogens is 2. The van der Waals surface area contributed by atoms with Crippen LogP contribution in [0.2, 0.25) is 0 Å². The number of hydrogen-bond donors (Lipinski definition) is 2. The maximum Gasteiger partial charge on any atom is 0.172 e. The molecule has 1 aromatic carbocycles. The molecule has 0 bridgehead atoms. The highest BCUT2D eigenvalue weighted by molar-refractivity contribution is 6.02. The molecular formula is C14H19N5O. The van der Waals surface area contributed by atoms with Gasteiger partial charge in [-0.1, -0.05) is 16.8 Å². The van der Waals surface area contributed by atoms with Crippen molar-refractivity contribution in [3.63, 3.8) is 0 Å². The maximum atomic E-state index is 8.91. The van der Waals surface area contributed by atoms with E-state index in [1.165, 1.54) is 0 Å². The van der Waals surface area contributed by atoms with Gasteiger partial charge in [0.05, 0.1) is 6.54 Å². The molecule has 3 N–H and O–H groups in total. The summed E-state index contributed by atoms with van der Waals surface area (Å²) in [6, 6.07) is 5.86. The normalized spacial score (nSPS) is 11.7. The van der Waals surface area contributed by atoms with E-state index in [-0.39, 0.29) is 5.84 Å². The standard InChI is InChI=1S/C14H19N5O/c1-10-4-5-12(11(8-10)14(15)17-20)19(3)9-13-16-6-7-18(13)2/h4-8,20H,9H2,1-3H3,(H2,15,17). The van der Waals surface area contributed by atoms with Crippen LogP contribution in [0, 0.1) is 6.92 Å². The van der Waals surface area contributed by atoms with E-state index >= 15 is 0 Å². The van der Waals surface area contributed by atoms with Gasteiger partial charge in [-0.25, -0.2) is 4.98 Å². The van der Waals surface area contributed by atoms with Gasteiger partial charge in [-0.05, 0) is 19.1 Å². The van der Waals surface area contributed by atoms with Crippen LogP contribution in [0.4, 0.5) is 5.69 Å². The first-order valence-electron chi connectivity index (χ1n) is 6.29. The second kappa shape index (κ2) is 5.64. The minimum absolute atomic E-state index is 0.107. The molecule has 0 saturated carbocycles. The van der Waals surface area contributed by atoms with Crippen molar-refractivity contribution in [3.05, 3.63) is 47.5 Å². The summed E-state index contributed by atoms with van der Waals surface area (Å²) in [6.07, 6.45) is 3.67. The van der Waals surface area contributed by atoms with Gasteiger partial charge >= 0.3 is 0 Å². The number of nitrogens with zero attached hydrogens (tertiary/aromatic N) is 4. The SMILES string of the molecule is Cc1ccc(N(C)Cc2nccn2C)c(/C(N)=N/O)c1. The number of hydrogen-bond acceptors (Lipinski definition) is 4. The van der Waals surface area contributed by atoms with Crippen molar-refractivity contribution in [1.29, 1.82) is 0 Å². The molecule has 0 aliphatic carbocycles. The van der Waals surface area contributed by atoms with Gasteiger partial charge in [-0.15, -0.1) is 0 Å². The van der Waals surface area contributed by atoms with Crippen molar-refractivity contribution in [2.24, 2.45) is 17.9 Å². The molecule has 2 aromatic rings. The molecule has 0 fully saturated rings. The van der Waals surface area contributed by atoms with E-state index < -0.39 is 0 Å². The zero-order valence-electron chi connectivity index (χ0n) is 11.9. The van der Waals surface area contributed by atoms with Crippen molar-refractivity contribution in [1.82, 2.24) is 9.55 Å². The number of benzene rings is 1. The monoisotopic (exact) mass is 273 g/mol. The van der Waals surface area contributed by atoms with E-state index in [0.717, 1.165) is 17.1 Å². The molecule has 0 amide bonds. The summed E-state index contributed by atoms with van der Waals surface area (Å²) in [7, 11) is 3.91. The van der Waals surface area contributed by atoms with Crippen LogP contribution in [0.15, 0.2) is 35.7 Å². The van der Waals surface area contributed by atoms with E-state index in [1.807, 2.05) is 54.9 Å². The van der Waals surface area contributed by atoms with Crippen LogP contribution >= 0.6 is 0 Å². The molecule has 0 aliphatic heterocycles. The number of amidine groups is 1. The van der Waals surface area contributed by atoms with Gasteiger partial charge in [0, 0.05) is 37.7 Å². The molecule has 0 unspecified atom stereocenters. The van der Waals surface area contributed by atoms with Gasteiger partial charge in [0.15, 0.2) is 5.84 Å². The predicted octanol–water partition coefficient (Wildman–Crippen LogP) is 1.46. The molecule has 1 heterocycles. The third-order valence-electron chi connectivity index (χ3n) is 3.25. The Labute approximate surface area is 118 Å². The van der Waals surface area contributed by atoms with Crippen molar-refractivity contribution >= 4 is 11.5 Å². The minimum Gasteiger partial charge on any atom is -0.409 e. The smallest absolute Gasteiger partial charge is 0.172 e. The summed E-state index contributed by atoms with van der Waals surface area (Å²) in [5.74, 6) is 1.05. The van der Waals surface area contributed by atoms with Gasteiger partial charge in [0.2, 0.25) is 0 Å². The first-order valence-corrected chi connectivity index (χ1v) is 6.29. The van der Waals surface area contributed by atoms with Gasteiger partial charge in [0.25, 0.3) is 0 Å². The molecule has 6 heteroatoms. The molecule has 106 valence electrons. The molecule has 20 heavy (non-hydrogen) atoms. The fraction of sp³-hybridized carbons (Fsp3) is 0.286. The van der Waals surface area contributed by atoms with Crippen LogP contribution in [-0.2, 0) is 13.6 Å². The van der Waals surface area contributed by atoms with Gasteiger partial charge in [-0.2, -0.15) is 0 Å². The number of imidazole rings is 1. The largest absolute Gasteiger partial charge is 0.409 e.